The van der Waals surface area contributed by atoms with Gasteiger partial charge in [-0.15, -0.1) is 11.3 Å². The average molecular weight is 469 g/mol. The maximum atomic E-state index is 11.4. The second-order valence-corrected chi connectivity index (χ2v) is 12.0. The maximum absolute atomic E-state index is 11.4. The standard InChI is InChI=1S/C22H33N3O4S2/c1-4-28-16-20-11-19-5-9-29-22(21(19)30-20)6-7-24(17(2)12-22)14-18-13-23-25(15-18)8-10-31(3,26)27/h11,13,15,17H,4-10,12,14,16H2,1-3H3/i16D. The van der Waals surface area contributed by atoms with Crippen molar-refractivity contribution in [2.75, 3.05) is 31.8 Å². The molecule has 2 aromatic rings. The lowest BCUT2D eigenvalue weighted by molar-refractivity contribution is -0.110. The number of likely N-dealkylation sites (tertiary alicyclic amines) is 1. The van der Waals surface area contributed by atoms with Crippen LogP contribution in [0.15, 0.2) is 18.5 Å². The number of thiophene rings is 1. The van der Waals surface area contributed by atoms with Gasteiger partial charge in [-0.25, -0.2) is 8.42 Å². The topological polar surface area (TPSA) is 73.7 Å². The quantitative estimate of drug-likeness (QED) is 0.593. The molecule has 0 aliphatic carbocycles. The lowest BCUT2D eigenvalue weighted by atomic mass is 9.82. The molecular formula is C22H33N3O4S2. The first-order valence-corrected chi connectivity index (χ1v) is 13.8. The minimum atomic E-state index is -3.00. The Balaban J connectivity index is 1.42. The van der Waals surface area contributed by atoms with Crippen molar-refractivity contribution in [1.29, 1.82) is 0 Å². The van der Waals surface area contributed by atoms with Crippen molar-refractivity contribution in [3.05, 3.63) is 39.3 Å². The molecule has 4 rings (SSSR count). The lowest BCUT2D eigenvalue weighted by Gasteiger charge is -2.47. The number of ether oxygens (including phenoxy) is 2. The fourth-order valence-electron chi connectivity index (χ4n) is 4.60. The predicted octanol–water partition coefficient (Wildman–Crippen LogP) is 2.98. The van der Waals surface area contributed by atoms with Crippen molar-refractivity contribution >= 4 is 21.2 Å². The fraction of sp³-hybridized carbons (Fsp3) is 0.682. The highest BCUT2D eigenvalue weighted by molar-refractivity contribution is 7.90. The first-order valence-electron chi connectivity index (χ1n) is 11.5. The summed E-state index contributed by atoms with van der Waals surface area (Å²) in [5.41, 5.74) is 2.15. The van der Waals surface area contributed by atoms with Gasteiger partial charge in [-0.1, -0.05) is 0 Å². The van der Waals surface area contributed by atoms with E-state index in [1.165, 1.54) is 16.7 Å². The molecule has 2 aromatic heterocycles. The van der Waals surface area contributed by atoms with Crippen LogP contribution >= 0.6 is 11.3 Å². The highest BCUT2D eigenvalue weighted by Gasteiger charge is 2.44. The monoisotopic (exact) mass is 468 g/mol. The van der Waals surface area contributed by atoms with E-state index < -0.39 is 16.4 Å². The predicted molar refractivity (Wildman–Crippen MR) is 122 cm³/mol. The first kappa shape index (κ1) is 21.6. The van der Waals surface area contributed by atoms with Crippen molar-refractivity contribution in [3.8, 4) is 0 Å². The van der Waals surface area contributed by atoms with E-state index in [9.17, 15) is 8.42 Å². The fourth-order valence-corrected chi connectivity index (χ4v) is 6.39. The normalized spacial score (nSPS) is 26.0. The SMILES string of the molecule is [2H]C(OCC)c1cc2c(s1)C1(CCN(Cc3cnn(CCS(C)(=O)=O)c3)C(C)C1)OCC2. The van der Waals surface area contributed by atoms with Gasteiger partial charge in [0.25, 0.3) is 0 Å². The number of nitrogens with zero attached hydrogens (tertiary/aromatic N) is 3. The minimum Gasteiger partial charge on any atom is -0.376 e. The third-order valence-electron chi connectivity index (χ3n) is 6.17. The van der Waals surface area contributed by atoms with E-state index in [0.717, 1.165) is 49.4 Å². The molecular weight excluding hydrogens is 434 g/mol. The zero-order valence-corrected chi connectivity index (χ0v) is 20.2. The molecule has 3 atom stereocenters. The van der Waals surface area contributed by atoms with Crippen molar-refractivity contribution in [2.24, 2.45) is 0 Å². The molecule has 3 unspecified atom stereocenters. The Hall–Kier alpha value is -1.26. The Morgan fingerprint density at radius 1 is 1.48 bits per heavy atom. The summed E-state index contributed by atoms with van der Waals surface area (Å²) in [4.78, 5) is 4.71. The molecule has 0 N–H and O–H groups in total. The first-order chi connectivity index (χ1) is 15.2. The molecule has 9 heteroatoms. The van der Waals surface area contributed by atoms with Crippen LogP contribution < -0.4 is 0 Å². The molecule has 1 spiro atoms. The summed E-state index contributed by atoms with van der Waals surface area (Å²) in [5, 5.41) is 4.33. The summed E-state index contributed by atoms with van der Waals surface area (Å²) >= 11 is 1.69. The Morgan fingerprint density at radius 3 is 3.06 bits per heavy atom. The second-order valence-electron chi connectivity index (χ2n) is 8.68. The number of fused-ring (bicyclic) bond motifs is 2. The lowest BCUT2D eigenvalue weighted by Crippen LogP contribution is -2.49. The molecule has 172 valence electrons. The number of aromatic nitrogens is 2. The smallest absolute Gasteiger partial charge is 0.149 e. The van der Waals surface area contributed by atoms with Gasteiger partial charge in [-0.3, -0.25) is 9.58 Å². The average Bonchev–Trinajstić information content (AvgIpc) is 3.36. The van der Waals surface area contributed by atoms with Gasteiger partial charge >= 0.3 is 0 Å². The second kappa shape index (κ2) is 9.31. The molecule has 1 saturated heterocycles. The number of aryl methyl sites for hydroxylation is 1. The van der Waals surface area contributed by atoms with Gasteiger partial charge in [0.2, 0.25) is 0 Å². The van der Waals surface area contributed by atoms with Crippen molar-refractivity contribution < 1.29 is 19.3 Å². The van der Waals surface area contributed by atoms with Gasteiger partial charge in [0.1, 0.15) is 15.4 Å². The van der Waals surface area contributed by atoms with Gasteiger partial charge in [0, 0.05) is 53.5 Å². The number of rotatable bonds is 8. The molecule has 0 radical (unpaired) electrons. The maximum Gasteiger partial charge on any atom is 0.149 e. The van der Waals surface area contributed by atoms with E-state index in [0.29, 0.717) is 19.2 Å². The highest BCUT2D eigenvalue weighted by Crippen LogP contribution is 2.47. The van der Waals surface area contributed by atoms with Crippen LogP contribution in [-0.2, 0) is 51.0 Å². The molecule has 0 amide bonds. The molecule has 1 fully saturated rings. The Kier molecular flexibility index (Phi) is 6.48. The Labute approximate surface area is 190 Å². The van der Waals surface area contributed by atoms with Crippen LogP contribution in [0.3, 0.4) is 0 Å². The zero-order valence-electron chi connectivity index (χ0n) is 19.5. The minimum absolute atomic E-state index is 0.0989. The Morgan fingerprint density at radius 2 is 2.32 bits per heavy atom. The number of hydrogen-bond acceptors (Lipinski definition) is 7. The summed E-state index contributed by atoms with van der Waals surface area (Å²) in [6.07, 6.45) is 7.77. The van der Waals surface area contributed by atoms with Crippen molar-refractivity contribution in [3.63, 3.8) is 0 Å². The zero-order chi connectivity index (χ0) is 22.9. The van der Waals surface area contributed by atoms with Gasteiger partial charge < -0.3 is 9.47 Å². The van der Waals surface area contributed by atoms with E-state index in [2.05, 4.69) is 23.0 Å². The van der Waals surface area contributed by atoms with Crippen LogP contribution in [-0.4, -0.2) is 60.9 Å². The summed E-state index contributed by atoms with van der Waals surface area (Å²) < 4.78 is 44.7. The third-order valence-corrected chi connectivity index (χ3v) is 8.38. The van der Waals surface area contributed by atoms with Crippen LogP contribution in [0.25, 0.3) is 0 Å². The molecule has 0 aromatic carbocycles. The van der Waals surface area contributed by atoms with Crippen LogP contribution in [0.4, 0.5) is 0 Å². The molecule has 2 aliphatic rings. The molecule has 0 saturated carbocycles. The van der Waals surface area contributed by atoms with E-state index in [1.807, 2.05) is 19.3 Å². The van der Waals surface area contributed by atoms with Crippen LogP contribution in [0, 0.1) is 0 Å². The van der Waals surface area contributed by atoms with Gasteiger partial charge in [0.05, 0.1) is 33.1 Å². The van der Waals surface area contributed by atoms with Gasteiger partial charge in [-0.2, -0.15) is 5.10 Å². The van der Waals surface area contributed by atoms with E-state index in [1.54, 1.807) is 16.0 Å². The van der Waals surface area contributed by atoms with Gasteiger partial charge in [0.15, 0.2) is 0 Å². The molecule has 0 bridgehead atoms. The van der Waals surface area contributed by atoms with Crippen LogP contribution in [0.2, 0.25) is 0 Å². The van der Waals surface area contributed by atoms with E-state index in [-0.39, 0.29) is 11.4 Å². The molecule has 31 heavy (non-hydrogen) atoms. The number of sulfone groups is 1. The van der Waals surface area contributed by atoms with Crippen molar-refractivity contribution in [1.82, 2.24) is 14.7 Å². The summed E-state index contributed by atoms with van der Waals surface area (Å²) in [5.74, 6) is 0.0989. The summed E-state index contributed by atoms with van der Waals surface area (Å²) in [6, 6.07) is 2.48. The van der Waals surface area contributed by atoms with Crippen LogP contribution in [0.5, 0.6) is 0 Å². The molecule has 2 aliphatic heterocycles. The van der Waals surface area contributed by atoms with Gasteiger partial charge in [-0.05, 0) is 44.7 Å². The Bertz CT molecular complexity index is 1040. The number of piperidine rings is 1. The van der Waals surface area contributed by atoms with Crippen LogP contribution in [0.1, 0.15) is 48.9 Å². The van der Waals surface area contributed by atoms with Crippen molar-refractivity contribution in [2.45, 2.75) is 64.4 Å². The molecule has 4 heterocycles. The largest absolute Gasteiger partial charge is 0.376 e. The summed E-state index contributed by atoms with van der Waals surface area (Å²) in [7, 11) is -3.00. The third kappa shape index (κ3) is 5.39. The molecule has 7 nitrogen and oxygen atoms in total. The highest BCUT2D eigenvalue weighted by atomic mass is 32.2. The van der Waals surface area contributed by atoms with E-state index >= 15 is 0 Å². The summed E-state index contributed by atoms with van der Waals surface area (Å²) in [6.45, 7) is 6.89. The van der Waals surface area contributed by atoms with E-state index in [4.69, 9.17) is 10.8 Å². The number of hydrogen-bond donors (Lipinski definition) is 0.